The molecule has 1 unspecified atom stereocenters. The van der Waals surface area contributed by atoms with Gasteiger partial charge in [-0.05, 0) is 63.4 Å². The molecule has 1 aliphatic heterocycles. The van der Waals surface area contributed by atoms with Gasteiger partial charge in [-0.2, -0.15) is 0 Å². The molecule has 0 bridgehead atoms. The third kappa shape index (κ3) is 4.71. The zero-order chi connectivity index (χ0) is 20.1. The SMILES string of the molecule is CCOc1ccc(C2CCCN2C(=O)CNC(=O)c2cc(C)cc(C)c2)cc1. The second-order valence-corrected chi connectivity index (χ2v) is 7.31. The maximum absolute atomic E-state index is 12.8. The van der Waals surface area contributed by atoms with Crippen molar-refractivity contribution in [1.29, 1.82) is 0 Å². The highest BCUT2D eigenvalue weighted by atomic mass is 16.5. The molecular formula is C23H28N2O3. The molecule has 0 radical (unpaired) electrons. The topological polar surface area (TPSA) is 58.6 Å². The van der Waals surface area contributed by atoms with Crippen molar-refractivity contribution in [2.75, 3.05) is 19.7 Å². The number of benzene rings is 2. The van der Waals surface area contributed by atoms with Crippen molar-refractivity contribution in [3.8, 4) is 5.75 Å². The lowest BCUT2D eigenvalue weighted by molar-refractivity contribution is -0.131. The van der Waals surface area contributed by atoms with Gasteiger partial charge >= 0.3 is 0 Å². The highest BCUT2D eigenvalue weighted by molar-refractivity contribution is 5.96. The molecule has 0 aromatic heterocycles. The van der Waals surface area contributed by atoms with E-state index in [0.29, 0.717) is 12.2 Å². The molecule has 5 nitrogen and oxygen atoms in total. The van der Waals surface area contributed by atoms with Crippen LogP contribution in [0.5, 0.6) is 5.75 Å². The van der Waals surface area contributed by atoms with Gasteiger partial charge in [-0.1, -0.05) is 29.3 Å². The van der Waals surface area contributed by atoms with Crippen molar-refractivity contribution in [3.63, 3.8) is 0 Å². The van der Waals surface area contributed by atoms with Gasteiger partial charge in [0.1, 0.15) is 5.75 Å². The summed E-state index contributed by atoms with van der Waals surface area (Å²) in [4.78, 5) is 27.1. The minimum Gasteiger partial charge on any atom is -0.494 e. The van der Waals surface area contributed by atoms with Crippen molar-refractivity contribution in [3.05, 3.63) is 64.7 Å². The zero-order valence-electron chi connectivity index (χ0n) is 16.8. The van der Waals surface area contributed by atoms with E-state index in [1.807, 2.05) is 68.1 Å². The first-order valence-electron chi connectivity index (χ1n) is 9.86. The summed E-state index contributed by atoms with van der Waals surface area (Å²) in [5, 5.41) is 2.78. The van der Waals surface area contributed by atoms with Gasteiger partial charge in [0.05, 0.1) is 19.2 Å². The maximum atomic E-state index is 12.8. The van der Waals surface area contributed by atoms with Crippen molar-refractivity contribution < 1.29 is 14.3 Å². The normalized spacial score (nSPS) is 16.1. The molecule has 5 heteroatoms. The predicted molar refractivity (Wildman–Crippen MR) is 110 cm³/mol. The number of hydrogen-bond donors (Lipinski definition) is 1. The van der Waals surface area contributed by atoms with Crippen LogP contribution in [0.4, 0.5) is 0 Å². The van der Waals surface area contributed by atoms with Gasteiger partial charge in [0.15, 0.2) is 0 Å². The molecular weight excluding hydrogens is 352 g/mol. The Bertz CT molecular complexity index is 825. The summed E-state index contributed by atoms with van der Waals surface area (Å²) in [6.45, 7) is 7.24. The van der Waals surface area contributed by atoms with E-state index in [1.165, 1.54) is 0 Å². The number of aryl methyl sites for hydroxylation is 2. The van der Waals surface area contributed by atoms with Crippen molar-refractivity contribution in [2.45, 2.75) is 39.7 Å². The smallest absolute Gasteiger partial charge is 0.251 e. The quantitative estimate of drug-likeness (QED) is 0.829. The summed E-state index contributed by atoms with van der Waals surface area (Å²) in [6, 6.07) is 13.7. The van der Waals surface area contributed by atoms with E-state index >= 15 is 0 Å². The molecule has 28 heavy (non-hydrogen) atoms. The summed E-state index contributed by atoms with van der Waals surface area (Å²) >= 11 is 0. The van der Waals surface area contributed by atoms with E-state index in [4.69, 9.17) is 4.74 Å². The summed E-state index contributed by atoms with van der Waals surface area (Å²) in [6.07, 6.45) is 1.90. The summed E-state index contributed by atoms with van der Waals surface area (Å²) in [5.41, 5.74) is 3.77. The predicted octanol–water partition coefficient (Wildman–Crippen LogP) is 3.80. The van der Waals surface area contributed by atoms with Crippen LogP contribution in [0.15, 0.2) is 42.5 Å². The third-order valence-corrected chi connectivity index (χ3v) is 5.03. The van der Waals surface area contributed by atoms with E-state index in [0.717, 1.165) is 41.8 Å². The van der Waals surface area contributed by atoms with Gasteiger partial charge < -0.3 is 15.0 Å². The molecule has 148 valence electrons. The van der Waals surface area contributed by atoms with Gasteiger partial charge in [-0.15, -0.1) is 0 Å². The van der Waals surface area contributed by atoms with Crippen LogP contribution in [-0.4, -0.2) is 36.4 Å². The van der Waals surface area contributed by atoms with Crippen molar-refractivity contribution >= 4 is 11.8 Å². The third-order valence-electron chi connectivity index (χ3n) is 5.03. The van der Waals surface area contributed by atoms with Gasteiger partial charge in [-0.25, -0.2) is 0 Å². The molecule has 1 atom stereocenters. The first-order chi connectivity index (χ1) is 13.5. The van der Waals surface area contributed by atoms with Crippen LogP contribution in [0.3, 0.4) is 0 Å². The minimum absolute atomic E-state index is 0.0132. The molecule has 0 aliphatic carbocycles. The molecule has 0 saturated carbocycles. The molecule has 2 amide bonds. The standard InChI is InChI=1S/C23H28N2O3/c1-4-28-20-9-7-18(8-10-20)21-6-5-11-25(21)22(26)15-24-23(27)19-13-16(2)12-17(3)14-19/h7-10,12-14,21H,4-6,11,15H2,1-3H3,(H,24,27). The average Bonchev–Trinajstić information content (AvgIpc) is 3.16. The van der Waals surface area contributed by atoms with Crippen LogP contribution < -0.4 is 10.1 Å². The van der Waals surface area contributed by atoms with Crippen LogP contribution in [-0.2, 0) is 4.79 Å². The zero-order valence-corrected chi connectivity index (χ0v) is 16.8. The highest BCUT2D eigenvalue weighted by Crippen LogP contribution is 2.32. The number of rotatable bonds is 6. The number of nitrogens with one attached hydrogen (secondary N) is 1. The van der Waals surface area contributed by atoms with E-state index < -0.39 is 0 Å². The molecule has 1 fully saturated rings. The number of ether oxygens (including phenoxy) is 1. The van der Waals surface area contributed by atoms with E-state index in [1.54, 1.807) is 0 Å². The van der Waals surface area contributed by atoms with Gasteiger partial charge in [0.25, 0.3) is 5.91 Å². The lowest BCUT2D eigenvalue weighted by Gasteiger charge is -2.25. The number of nitrogens with zero attached hydrogens (tertiary/aromatic N) is 1. The van der Waals surface area contributed by atoms with Crippen LogP contribution in [0.2, 0.25) is 0 Å². The Morgan fingerprint density at radius 3 is 2.43 bits per heavy atom. The Morgan fingerprint density at radius 1 is 1.11 bits per heavy atom. The van der Waals surface area contributed by atoms with Crippen LogP contribution >= 0.6 is 0 Å². The van der Waals surface area contributed by atoms with Crippen molar-refractivity contribution in [2.24, 2.45) is 0 Å². The molecule has 3 rings (SSSR count). The first-order valence-corrected chi connectivity index (χ1v) is 9.86. The van der Waals surface area contributed by atoms with E-state index in [9.17, 15) is 9.59 Å². The van der Waals surface area contributed by atoms with Crippen molar-refractivity contribution in [1.82, 2.24) is 10.2 Å². The lowest BCUT2D eigenvalue weighted by Crippen LogP contribution is -2.39. The number of carbonyl (C=O) groups excluding carboxylic acids is 2. The Morgan fingerprint density at radius 2 is 1.79 bits per heavy atom. The number of likely N-dealkylation sites (tertiary alicyclic amines) is 1. The van der Waals surface area contributed by atoms with E-state index in [2.05, 4.69) is 5.32 Å². The summed E-state index contributed by atoms with van der Waals surface area (Å²) in [7, 11) is 0. The molecule has 1 aliphatic rings. The molecule has 2 aromatic carbocycles. The minimum atomic E-state index is -0.211. The van der Waals surface area contributed by atoms with Gasteiger partial charge in [0, 0.05) is 12.1 Å². The lowest BCUT2D eigenvalue weighted by atomic mass is 10.0. The Balaban J connectivity index is 1.62. The van der Waals surface area contributed by atoms with E-state index in [-0.39, 0.29) is 24.4 Å². The fourth-order valence-corrected chi connectivity index (χ4v) is 3.83. The number of amides is 2. The molecule has 2 aromatic rings. The first kappa shape index (κ1) is 19.9. The Hall–Kier alpha value is -2.82. The molecule has 1 saturated heterocycles. The fraction of sp³-hybridized carbons (Fsp3) is 0.391. The van der Waals surface area contributed by atoms with Crippen LogP contribution in [0.1, 0.15) is 52.9 Å². The number of hydrogen-bond acceptors (Lipinski definition) is 3. The Labute approximate surface area is 166 Å². The highest BCUT2D eigenvalue weighted by Gasteiger charge is 2.29. The largest absolute Gasteiger partial charge is 0.494 e. The fourth-order valence-electron chi connectivity index (χ4n) is 3.83. The monoisotopic (exact) mass is 380 g/mol. The summed E-state index contributed by atoms with van der Waals surface area (Å²) < 4.78 is 5.49. The Kier molecular flexibility index (Phi) is 6.34. The maximum Gasteiger partial charge on any atom is 0.251 e. The average molecular weight is 380 g/mol. The molecule has 0 spiro atoms. The van der Waals surface area contributed by atoms with Gasteiger partial charge in [-0.3, -0.25) is 9.59 Å². The van der Waals surface area contributed by atoms with Gasteiger partial charge in [0.2, 0.25) is 5.91 Å². The summed E-state index contributed by atoms with van der Waals surface area (Å²) in [5.74, 6) is 0.578. The van der Waals surface area contributed by atoms with Crippen LogP contribution in [0.25, 0.3) is 0 Å². The molecule has 1 heterocycles. The second kappa shape index (κ2) is 8.91. The second-order valence-electron chi connectivity index (χ2n) is 7.31. The molecule has 1 N–H and O–H groups in total. The number of carbonyl (C=O) groups is 2. The van der Waals surface area contributed by atoms with Crippen LogP contribution in [0, 0.1) is 13.8 Å².